The summed E-state index contributed by atoms with van der Waals surface area (Å²) in [7, 11) is 0. The number of hydrogen-bond donors (Lipinski definition) is 2. The lowest BCUT2D eigenvalue weighted by atomic mass is 10.00. The van der Waals surface area contributed by atoms with Gasteiger partial charge in [0.25, 0.3) is 5.91 Å². The molecule has 0 radical (unpaired) electrons. The van der Waals surface area contributed by atoms with E-state index in [2.05, 4.69) is 16.7 Å². The van der Waals surface area contributed by atoms with Gasteiger partial charge in [0.1, 0.15) is 5.54 Å². The second-order valence-electron chi connectivity index (χ2n) is 7.35. The number of rotatable bonds is 5. The van der Waals surface area contributed by atoms with E-state index < -0.39 is 5.54 Å². The van der Waals surface area contributed by atoms with Crippen LogP contribution in [0.1, 0.15) is 55.3 Å². The van der Waals surface area contributed by atoms with Crippen LogP contribution in [0.25, 0.3) is 0 Å². The third-order valence-corrected chi connectivity index (χ3v) is 5.58. The van der Waals surface area contributed by atoms with Crippen LogP contribution in [0.2, 0.25) is 5.02 Å². The van der Waals surface area contributed by atoms with Crippen molar-refractivity contribution < 1.29 is 9.59 Å². The van der Waals surface area contributed by atoms with Gasteiger partial charge in [-0.05, 0) is 63.1 Å². The SMILES string of the molecule is N#CC1(NC(=O)CNc2cc(Cl)ccc2C(=O)N2CCCCC2)CCCC1. The first-order valence-electron chi connectivity index (χ1n) is 9.58. The molecular weight excluding hydrogens is 364 g/mol. The van der Waals surface area contributed by atoms with Crippen LogP contribution in [0.4, 0.5) is 5.69 Å². The Morgan fingerprint density at radius 3 is 2.52 bits per heavy atom. The number of carbonyl (C=O) groups is 2. The second kappa shape index (κ2) is 8.62. The molecule has 1 saturated heterocycles. The average molecular weight is 389 g/mol. The molecule has 2 aliphatic rings. The number of nitrogens with one attached hydrogen (secondary N) is 2. The van der Waals surface area contributed by atoms with Crippen LogP contribution in [-0.2, 0) is 4.79 Å². The van der Waals surface area contributed by atoms with E-state index in [1.54, 1.807) is 18.2 Å². The molecular formula is C20H25ClN4O2. The highest BCUT2D eigenvalue weighted by Crippen LogP contribution is 2.29. The summed E-state index contributed by atoms with van der Waals surface area (Å²) >= 11 is 6.10. The first-order chi connectivity index (χ1) is 13.0. The number of anilines is 1. The molecule has 6 nitrogen and oxygen atoms in total. The first kappa shape index (κ1) is 19.5. The summed E-state index contributed by atoms with van der Waals surface area (Å²) in [5.41, 5.74) is 0.315. The Morgan fingerprint density at radius 2 is 1.85 bits per heavy atom. The minimum Gasteiger partial charge on any atom is -0.375 e. The van der Waals surface area contributed by atoms with Crippen LogP contribution in [0, 0.1) is 11.3 Å². The molecule has 1 heterocycles. The Morgan fingerprint density at radius 1 is 1.15 bits per heavy atom. The van der Waals surface area contributed by atoms with Crippen LogP contribution < -0.4 is 10.6 Å². The molecule has 2 fully saturated rings. The van der Waals surface area contributed by atoms with E-state index in [0.29, 0.717) is 29.1 Å². The van der Waals surface area contributed by atoms with Crippen molar-refractivity contribution in [3.8, 4) is 6.07 Å². The number of piperidine rings is 1. The summed E-state index contributed by atoms with van der Waals surface area (Å²) < 4.78 is 0. The second-order valence-corrected chi connectivity index (χ2v) is 7.78. The maximum absolute atomic E-state index is 12.9. The summed E-state index contributed by atoms with van der Waals surface area (Å²) in [5.74, 6) is -0.298. The molecule has 2 N–H and O–H groups in total. The molecule has 0 atom stereocenters. The molecule has 144 valence electrons. The van der Waals surface area contributed by atoms with Crippen molar-refractivity contribution in [1.29, 1.82) is 5.26 Å². The fourth-order valence-corrected chi connectivity index (χ4v) is 4.02. The van der Waals surface area contributed by atoms with Crippen molar-refractivity contribution in [2.75, 3.05) is 25.0 Å². The summed E-state index contributed by atoms with van der Waals surface area (Å²) in [6, 6.07) is 7.30. The lowest BCUT2D eigenvalue weighted by Crippen LogP contribution is -2.47. The van der Waals surface area contributed by atoms with Crippen LogP contribution in [0.5, 0.6) is 0 Å². The largest absolute Gasteiger partial charge is 0.375 e. The highest BCUT2D eigenvalue weighted by atomic mass is 35.5. The zero-order valence-corrected chi connectivity index (χ0v) is 16.1. The summed E-state index contributed by atoms with van der Waals surface area (Å²) in [5, 5.41) is 15.8. The number of halogens is 1. The van der Waals surface area contributed by atoms with Gasteiger partial charge in [-0.2, -0.15) is 5.26 Å². The third-order valence-electron chi connectivity index (χ3n) is 5.34. The molecule has 1 aromatic rings. The summed E-state index contributed by atoms with van der Waals surface area (Å²) in [6.07, 6.45) is 6.45. The third kappa shape index (κ3) is 4.72. The molecule has 7 heteroatoms. The van der Waals surface area contributed by atoms with E-state index in [1.165, 1.54) is 0 Å². The van der Waals surface area contributed by atoms with Gasteiger partial charge in [0, 0.05) is 23.8 Å². The number of amides is 2. The molecule has 0 unspecified atom stereocenters. The van der Waals surface area contributed by atoms with Gasteiger partial charge in [-0.25, -0.2) is 0 Å². The summed E-state index contributed by atoms with van der Waals surface area (Å²) in [6.45, 7) is 1.50. The minimum absolute atomic E-state index is 0.00987. The van der Waals surface area contributed by atoms with Crippen LogP contribution in [-0.4, -0.2) is 41.9 Å². The highest BCUT2D eigenvalue weighted by Gasteiger charge is 2.35. The Labute approximate surface area is 164 Å². The van der Waals surface area contributed by atoms with E-state index in [0.717, 1.165) is 45.2 Å². The van der Waals surface area contributed by atoms with Gasteiger partial charge >= 0.3 is 0 Å². The fourth-order valence-electron chi connectivity index (χ4n) is 3.85. The molecule has 1 aliphatic carbocycles. The predicted molar refractivity (Wildman–Crippen MR) is 105 cm³/mol. The average Bonchev–Trinajstić information content (AvgIpc) is 3.15. The standard InChI is InChI=1S/C20H25ClN4O2/c21-15-6-7-16(19(27)25-10-4-1-5-11-25)17(12-15)23-13-18(26)24-20(14-22)8-2-3-9-20/h6-7,12,23H,1-5,8-11,13H2,(H,24,26). The maximum Gasteiger partial charge on any atom is 0.255 e. The topological polar surface area (TPSA) is 85.2 Å². The predicted octanol–water partition coefficient (Wildman–Crippen LogP) is 3.33. The smallest absolute Gasteiger partial charge is 0.255 e. The Hall–Kier alpha value is -2.26. The zero-order chi connectivity index (χ0) is 19.3. The van der Waals surface area contributed by atoms with Crippen molar-refractivity contribution >= 4 is 29.1 Å². The Bertz CT molecular complexity index is 747. The molecule has 1 aromatic carbocycles. The number of nitrogens with zero attached hydrogens (tertiary/aromatic N) is 2. The number of nitriles is 1. The quantitative estimate of drug-likeness (QED) is 0.810. The zero-order valence-electron chi connectivity index (χ0n) is 15.4. The monoisotopic (exact) mass is 388 g/mol. The highest BCUT2D eigenvalue weighted by molar-refractivity contribution is 6.31. The Kier molecular flexibility index (Phi) is 6.22. The van der Waals surface area contributed by atoms with Gasteiger partial charge in [0.15, 0.2) is 0 Å². The number of carbonyl (C=O) groups excluding carboxylic acids is 2. The van der Waals surface area contributed by atoms with Crippen molar-refractivity contribution in [2.45, 2.75) is 50.5 Å². The van der Waals surface area contributed by atoms with Gasteiger partial charge in [0.05, 0.1) is 18.2 Å². The van der Waals surface area contributed by atoms with Gasteiger partial charge in [-0.15, -0.1) is 0 Å². The molecule has 0 bridgehead atoms. The van der Waals surface area contributed by atoms with E-state index in [-0.39, 0.29) is 18.4 Å². The van der Waals surface area contributed by atoms with Crippen molar-refractivity contribution in [1.82, 2.24) is 10.2 Å². The normalized spacial score (nSPS) is 18.6. The van der Waals surface area contributed by atoms with Crippen LogP contribution >= 0.6 is 11.6 Å². The molecule has 27 heavy (non-hydrogen) atoms. The summed E-state index contributed by atoms with van der Waals surface area (Å²) in [4.78, 5) is 27.1. The molecule has 0 spiro atoms. The van der Waals surface area contributed by atoms with Crippen molar-refractivity contribution in [3.63, 3.8) is 0 Å². The Balaban J connectivity index is 1.67. The van der Waals surface area contributed by atoms with Gasteiger partial charge in [-0.1, -0.05) is 11.6 Å². The van der Waals surface area contributed by atoms with Crippen LogP contribution in [0.3, 0.4) is 0 Å². The first-order valence-corrected chi connectivity index (χ1v) is 9.96. The van der Waals surface area contributed by atoms with Gasteiger partial charge < -0.3 is 15.5 Å². The lowest BCUT2D eigenvalue weighted by molar-refractivity contribution is -0.120. The molecule has 0 aromatic heterocycles. The number of hydrogen-bond acceptors (Lipinski definition) is 4. The van der Waals surface area contributed by atoms with Crippen molar-refractivity contribution in [3.05, 3.63) is 28.8 Å². The van der Waals surface area contributed by atoms with E-state index in [1.807, 2.05) is 4.90 Å². The fraction of sp³-hybridized carbons (Fsp3) is 0.550. The van der Waals surface area contributed by atoms with Crippen LogP contribution in [0.15, 0.2) is 18.2 Å². The van der Waals surface area contributed by atoms with Gasteiger partial charge in [-0.3, -0.25) is 9.59 Å². The van der Waals surface area contributed by atoms with Gasteiger partial charge in [0.2, 0.25) is 5.91 Å². The van der Waals surface area contributed by atoms with E-state index in [9.17, 15) is 14.9 Å². The molecule has 1 saturated carbocycles. The lowest BCUT2D eigenvalue weighted by Gasteiger charge is -2.27. The molecule has 3 rings (SSSR count). The molecule has 2 amide bonds. The maximum atomic E-state index is 12.9. The molecule has 1 aliphatic heterocycles. The number of benzene rings is 1. The van der Waals surface area contributed by atoms with E-state index >= 15 is 0 Å². The minimum atomic E-state index is -0.750. The van der Waals surface area contributed by atoms with Crippen molar-refractivity contribution in [2.24, 2.45) is 0 Å². The number of likely N-dealkylation sites (tertiary alicyclic amines) is 1. The van der Waals surface area contributed by atoms with E-state index in [4.69, 9.17) is 11.6 Å².